The van der Waals surface area contributed by atoms with Gasteiger partial charge in [0.1, 0.15) is 11.3 Å². The van der Waals surface area contributed by atoms with E-state index in [9.17, 15) is 14.4 Å². The van der Waals surface area contributed by atoms with Crippen LogP contribution in [0.1, 0.15) is 16.1 Å². The van der Waals surface area contributed by atoms with Gasteiger partial charge in [0.2, 0.25) is 0 Å². The molecule has 0 saturated heterocycles. The number of para-hydroxylation sites is 1. The van der Waals surface area contributed by atoms with Crippen LogP contribution >= 0.6 is 15.9 Å². The van der Waals surface area contributed by atoms with E-state index in [0.717, 1.165) is 10.8 Å². The van der Waals surface area contributed by atoms with Crippen LogP contribution in [0.15, 0.2) is 67.3 Å². The van der Waals surface area contributed by atoms with Crippen molar-refractivity contribution in [2.75, 3.05) is 5.32 Å². The van der Waals surface area contributed by atoms with Crippen LogP contribution in [0.5, 0.6) is 0 Å². The van der Waals surface area contributed by atoms with Crippen molar-refractivity contribution in [1.82, 2.24) is 9.55 Å². The van der Waals surface area contributed by atoms with Crippen molar-refractivity contribution >= 4 is 27.5 Å². The monoisotopic (exact) mass is 389 g/mol. The maximum atomic E-state index is 12.5. The molecule has 0 bridgehead atoms. The highest BCUT2D eigenvalue weighted by molar-refractivity contribution is 9.10. The van der Waals surface area contributed by atoms with Crippen molar-refractivity contribution in [3.63, 3.8) is 0 Å². The number of nitrogens with zero attached hydrogens (tertiary/aromatic N) is 1. The number of nitrogens with one attached hydrogen (secondary N) is 2. The number of aromatic nitrogens is 2. The highest BCUT2D eigenvalue weighted by Crippen LogP contribution is 2.21. The summed E-state index contributed by atoms with van der Waals surface area (Å²) in [6.45, 7) is -0.0582. The summed E-state index contributed by atoms with van der Waals surface area (Å²) in [5.41, 5.74) is -0.962. The van der Waals surface area contributed by atoms with Gasteiger partial charge < -0.3 is 14.7 Å². The van der Waals surface area contributed by atoms with E-state index in [1.165, 1.54) is 6.26 Å². The fraction of sp³-hybridized carbons (Fsp3) is 0.0625. The van der Waals surface area contributed by atoms with E-state index in [2.05, 4.69) is 26.2 Å². The van der Waals surface area contributed by atoms with E-state index in [-0.39, 0.29) is 12.1 Å². The Bertz CT molecular complexity index is 989. The van der Waals surface area contributed by atoms with Gasteiger partial charge in [-0.15, -0.1) is 0 Å². The van der Waals surface area contributed by atoms with Crippen LogP contribution in [0.2, 0.25) is 0 Å². The Balaban J connectivity index is 1.94. The minimum Gasteiger partial charge on any atom is -0.467 e. The van der Waals surface area contributed by atoms with Crippen LogP contribution in [-0.2, 0) is 6.54 Å². The van der Waals surface area contributed by atoms with Gasteiger partial charge in [-0.1, -0.05) is 12.1 Å². The first-order valence-corrected chi connectivity index (χ1v) is 7.76. The Morgan fingerprint density at radius 2 is 2.00 bits per heavy atom. The molecule has 0 atom stereocenters. The van der Waals surface area contributed by atoms with Crippen LogP contribution < -0.4 is 16.6 Å². The summed E-state index contributed by atoms with van der Waals surface area (Å²) in [6.07, 6.45) is 2.55. The zero-order valence-corrected chi connectivity index (χ0v) is 13.9. The van der Waals surface area contributed by atoms with E-state index >= 15 is 0 Å². The number of hydrogen-bond donors (Lipinski definition) is 2. The van der Waals surface area contributed by atoms with E-state index in [1.807, 2.05) is 0 Å². The Hall–Kier alpha value is -2.87. The number of H-pyrrole nitrogens is 1. The number of benzene rings is 1. The number of carbonyl (C=O) groups excluding carboxylic acids is 1. The molecule has 0 fully saturated rings. The molecule has 24 heavy (non-hydrogen) atoms. The van der Waals surface area contributed by atoms with Crippen molar-refractivity contribution in [2.24, 2.45) is 0 Å². The van der Waals surface area contributed by atoms with Gasteiger partial charge in [0.25, 0.3) is 11.5 Å². The molecule has 0 aliphatic rings. The van der Waals surface area contributed by atoms with E-state index < -0.39 is 17.2 Å². The molecule has 0 saturated carbocycles. The second kappa shape index (κ2) is 6.71. The standard InChI is InChI=1S/C16H12BrN3O4/c17-12-5-1-2-6-13(12)19-14(21)11-8-18-16(23)20(15(11)22)9-10-4-3-7-24-10/h1-8H,9H2,(H,18,23)(H,19,21). The zero-order chi connectivity index (χ0) is 17.1. The average molecular weight is 390 g/mol. The predicted molar refractivity (Wildman–Crippen MR) is 91.2 cm³/mol. The normalized spacial score (nSPS) is 10.5. The molecule has 0 unspecified atom stereocenters. The lowest BCUT2D eigenvalue weighted by molar-refractivity contribution is 0.102. The molecular weight excluding hydrogens is 378 g/mol. The number of amides is 1. The first kappa shape index (κ1) is 16.0. The highest BCUT2D eigenvalue weighted by Gasteiger charge is 2.16. The second-order valence-corrected chi connectivity index (χ2v) is 5.77. The molecule has 8 heteroatoms. The predicted octanol–water partition coefficient (Wildman–Crippen LogP) is 2.19. The SMILES string of the molecule is O=C(Nc1ccccc1Br)c1c[nH]c(=O)n(Cc2ccco2)c1=O. The molecule has 2 aromatic heterocycles. The van der Waals surface area contributed by atoms with E-state index in [0.29, 0.717) is 15.9 Å². The Labute approximate surface area is 144 Å². The molecule has 122 valence electrons. The first-order chi connectivity index (χ1) is 11.6. The minimum absolute atomic E-state index is 0.0582. The van der Waals surface area contributed by atoms with E-state index in [1.54, 1.807) is 36.4 Å². The molecule has 0 aliphatic carbocycles. The quantitative estimate of drug-likeness (QED) is 0.714. The summed E-state index contributed by atoms with van der Waals surface area (Å²) in [5, 5.41) is 2.63. The fourth-order valence-electron chi connectivity index (χ4n) is 2.13. The van der Waals surface area contributed by atoms with Crippen molar-refractivity contribution in [3.05, 3.63) is 85.5 Å². The average Bonchev–Trinajstić information content (AvgIpc) is 3.06. The van der Waals surface area contributed by atoms with Gasteiger partial charge in [-0.3, -0.25) is 14.2 Å². The number of anilines is 1. The van der Waals surface area contributed by atoms with Crippen LogP contribution in [0.4, 0.5) is 5.69 Å². The van der Waals surface area contributed by atoms with Gasteiger partial charge in [-0.2, -0.15) is 0 Å². The van der Waals surface area contributed by atoms with Gasteiger partial charge in [0.05, 0.1) is 18.5 Å². The Morgan fingerprint density at radius 1 is 1.21 bits per heavy atom. The summed E-state index contributed by atoms with van der Waals surface area (Å²) >= 11 is 3.31. The Morgan fingerprint density at radius 3 is 2.71 bits per heavy atom. The largest absolute Gasteiger partial charge is 0.467 e. The van der Waals surface area contributed by atoms with Crippen LogP contribution in [0.25, 0.3) is 0 Å². The lowest BCUT2D eigenvalue weighted by Crippen LogP contribution is -2.39. The van der Waals surface area contributed by atoms with Crippen molar-refractivity contribution in [2.45, 2.75) is 6.54 Å². The summed E-state index contributed by atoms with van der Waals surface area (Å²) in [5.74, 6) is -0.178. The second-order valence-electron chi connectivity index (χ2n) is 4.91. The minimum atomic E-state index is -0.695. The van der Waals surface area contributed by atoms with Gasteiger partial charge in [-0.05, 0) is 40.2 Å². The molecule has 7 nitrogen and oxygen atoms in total. The highest BCUT2D eigenvalue weighted by atomic mass is 79.9. The summed E-state index contributed by atoms with van der Waals surface area (Å²) in [7, 11) is 0. The number of furan rings is 1. The van der Waals surface area contributed by atoms with Crippen molar-refractivity contribution in [1.29, 1.82) is 0 Å². The number of carbonyl (C=O) groups is 1. The molecule has 1 amide bonds. The third-order valence-electron chi connectivity index (χ3n) is 3.32. The molecule has 0 spiro atoms. The van der Waals surface area contributed by atoms with Gasteiger partial charge in [-0.25, -0.2) is 4.79 Å². The lowest BCUT2D eigenvalue weighted by atomic mass is 10.2. The van der Waals surface area contributed by atoms with Crippen molar-refractivity contribution < 1.29 is 9.21 Å². The third kappa shape index (κ3) is 3.23. The van der Waals surface area contributed by atoms with Crippen molar-refractivity contribution in [3.8, 4) is 0 Å². The number of aromatic amines is 1. The fourth-order valence-corrected chi connectivity index (χ4v) is 2.51. The maximum absolute atomic E-state index is 12.5. The van der Waals surface area contributed by atoms with Gasteiger partial charge >= 0.3 is 5.69 Å². The molecule has 1 aromatic carbocycles. The summed E-state index contributed by atoms with van der Waals surface area (Å²) in [6, 6.07) is 10.3. The maximum Gasteiger partial charge on any atom is 0.328 e. The summed E-state index contributed by atoms with van der Waals surface area (Å²) in [4.78, 5) is 39.1. The number of halogens is 1. The Kier molecular flexibility index (Phi) is 4.48. The molecule has 3 aromatic rings. The van der Waals surface area contributed by atoms with Gasteiger partial charge in [0, 0.05) is 10.7 Å². The topological polar surface area (TPSA) is 97.1 Å². The number of rotatable bonds is 4. The van der Waals surface area contributed by atoms with E-state index in [4.69, 9.17) is 4.42 Å². The molecular formula is C16H12BrN3O4. The molecule has 2 heterocycles. The molecule has 2 N–H and O–H groups in total. The van der Waals surface area contributed by atoms with Crippen LogP contribution in [-0.4, -0.2) is 15.5 Å². The van der Waals surface area contributed by atoms with Crippen LogP contribution in [0, 0.1) is 0 Å². The lowest BCUT2D eigenvalue weighted by Gasteiger charge is -2.08. The molecule has 0 radical (unpaired) electrons. The smallest absolute Gasteiger partial charge is 0.328 e. The van der Waals surface area contributed by atoms with Crippen LogP contribution in [0.3, 0.4) is 0 Å². The number of hydrogen-bond acceptors (Lipinski definition) is 4. The summed E-state index contributed by atoms with van der Waals surface area (Å²) < 4.78 is 6.73. The molecule has 3 rings (SSSR count). The first-order valence-electron chi connectivity index (χ1n) is 6.97. The zero-order valence-electron chi connectivity index (χ0n) is 12.3. The van der Waals surface area contributed by atoms with Gasteiger partial charge in [0.15, 0.2) is 0 Å². The molecule has 0 aliphatic heterocycles. The third-order valence-corrected chi connectivity index (χ3v) is 4.01.